The highest BCUT2D eigenvalue weighted by Gasteiger charge is 2.22. The van der Waals surface area contributed by atoms with Gasteiger partial charge in [-0.3, -0.25) is 4.79 Å². The zero-order valence-electron chi connectivity index (χ0n) is 14.9. The summed E-state index contributed by atoms with van der Waals surface area (Å²) >= 11 is 0. The van der Waals surface area contributed by atoms with Crippen molar-refractivity contribution in [1.29, 1.82) is 0 Å². The van der Waals surface area contributed by atoms with Crippen molar-refractivity contribution in [3.05, 3.63) is 0 Å². The van der Waals surface area contributed by atoms with Crippen LogP contribution in [0.5, 0.6) is 0 Å². The minimum absolute atomic E-state index is 0.114. The Balaban J connectivity index is 2.10. The smallest absolute Gasteiger partial charge is 0.220 e. The molecule has 1 atom stereocenters. The highest BCUT2D eigenvalue weighted by atomic mass is 33.1. The molecule has 1 amide bonds. The Morgan fingerprint density at radius 3 is 2.55 bits per heavy atom. The minimum Gasteiger partial charge on any atom is -0.376 e. The molecule has 1 saturated heterocycles. The predicted molar refractivity (Wildman–Crippen MR) is 99.5 cm³/mol. The van der Waals surface area contributed by atoms with Crippen molar-refractivity contribution >= 4 is 27.5 Å². The number of unbranched alkanes of at least 4 members (excludes halogenated alkanes) is 1. The molecule has 0 unspecified atom stereocenters. The van der Waals surface area contributed by atoms with E-state index >= 15 is 0 Å². The molecule has 1 rings (SSSR count). The molecule has 1 aliphatic rings. The second-order valence-corrected chi connectivity index (χ2v) is 10.5. The van der Waals surface area contributed by atoms with Gasteiger partial charge in [-0.1, -0.05) is 28.0 Å². The number of hydrogen-bond acceptors (Lipinski definition) is 4. The first-order valence-electron chi connectivity index (χ1n) is 8.41. The predicted octanol–water partition coefficient (Wildman–Crippen LogP) is 4.80. The molecule has 5 heteroatoms. The third kappa shape index (κ3) is 10.0. The van der Waals surface area contributed by atoms with E-state index in [9.17, 15) is 4.79 Å². The Morgan fingerprint density at radius 1 is 1.23 bits per heavy atom. The highest BCUT2D eigenvalue weighted by molar-refractivity contribution is 8.77. The van der Waals surface area contributed by atoms with Crippen molar-refractivity contribution in [2.24, 2.45) is 0 Å². The van der Waals surface area contributed by atoms with Crippen molar-refractivity contribution in [3.8, 4) is 0 Å². The maximum atomic E-state index is 12.1. The maximum Gasteiger partial charge on any atom is 0.220 e. The zero-order chi connectivity index (χ0) is 16.6. The van der Waals surface area contributed by atoms with Gasteiger partial charge < -0.3 is 10.1 Å². The monoisotopic (exact) mass is 347 g/mol. The third-order valence-corrected chi connectivity index (χ3v) is 6.65. The standard InChI is InChI=1S/C17H33NO2S2/c1-16(2,3)20-12-11-17(4,5)18-15(19)9-7-6-8-14-10-13-21-22-14/h14H,6-13H2,1-5H3,(H,18,19)/t14-/m1/s1. The van der Waals surface area contributed by atoms with Gasteiger partial charge in [0, 0.05) is 29.6 Å². The van der Waals surface area contributed by atoms with Gasteiger partial charge in [0.25, 0.3) is 0 Å². The van der Waals surface area contributed by atoms with E-state index in [1.807, 2.05) is 21.6 Å². The van der Waals surface area contributed by atoms with E-state index in [1.54, 1.807) is 0 Å². The number of hydrogen-bond donors (Lipinski definition) is 1. The molecule has 1 fully saturated rings. The first-order valence-corrected chi connectivity index (χ1v) is 10.8. The van der Waals surface area contributed by atoms with Gasteiger partial charge in [-0.05, 0) is 60.3 Å². The van der Waals surface area contributed by atoms with Crippen molar-refractivity contribution in [3.63, 3.8) is 0 Å². The van der Waals surface area contributed by atoms with E-state index in [4.69, 9.17) is 4.74 Å². The van der Waals surface area contributed by atoms with E-state index in [2.05, 4.69) is 39.9 Å². The lowest BCUT2D eigenvalue weighted by Gasteiger charge is -2.28. The van der Waals surface area contributed by atoms with Gasteiger partial charge in [0.15, 0.2) is 0 Å². The van der Waals surface area contributed by atoms with Crippen molar-refractivity contribution in [2.45, 2.75) is 89.5 Å². The van der Waals surface area contributed by atoms with Gasteiger partial charge in [0.05, 0.1) is 5.60 Å². The van der Waals surface area contributed by atoms with E-state index in [-0.39, 0.29) is 17.0 Å². The fourth-order valence-electron chi connectivity index (χ4n) is 2.34. The van der Waals surface area contributed by atoms with Crippen LogP contribution in [0.3, 0.4) is 0 Å². The first kappa shape index (κ1) is 20.2. The zero-order valence-corrected chi connectivity index (χ0v) is 16.5. The number of nitrogens with one attached hydrogen (secondary N) is 1. The molecule has 0 bridgehead atoms. The van der Waals surface area contributed by atoms with Gasteiger partial charge in [-0.2, -0.15) is 0 Å². The SMILES string of the molecule is CC(C)(CCOC(C)(C)C)NC(=O)CCCC[C@@H]1CCSS1. The van der Waals surface area contributed by atoms with E-state index in [0.29, 0.717) is 13.0 Å². The molecule has 1 aliphatic heterocycles. The molecular formula is C17H33NO2S2. The normalized spacial score (nSPS) is 19.4. The summed E-state index contributed by atoms with van der Waals surface area (Å²) in [5.41, 5.74) is -0.309. The molecule has 130 valence electrons. The Morgan fingerprint density at radius 2 is 1.95 bits per heavy atom. The number of carbonyl (C=O) groups excluding carboxylic acids is 1. The molecule has 1 heterocycles. The van der Waals surface area contributed by atoms with E-state index in [0.717, 1.165) is 18.1 Å². The maximum absolute atomic E-state index is 12.1. The average Bonchev–Trinajstić information content (AvgIpc) is 2.85. The van der Waals surface area contributed by atoms with Crippen LogP contribution in [-0.2, 0) is 9.53 Å². The van der Waals surface area contributed by atoms with Crippen LogP contribution in [0, 0.1) is 0 Å². The summed E-state index contributed by atoms with van der Waals surface area (Å²) in [6.45, 7) is 11.0. The van der Waals surface area contributed by atoms with Crippen LogP contribution in [0.15, 0.2) is 0 Å². The van der Waals surface area contributed by atoms with Crippen LogP contribution in [-0.4, -0.2) is 34.7 Å². The molecule has 0 saturated carbocycles. The summed E-state index contributed by atoms with van der Waals surface area (Å²) < 4.78 is 5.75. The summed E-state index contributed by atoms with van der Waals surface area (Å²) in [5.74, 6) is 1.47. The fraction of sp³-hybridized carbons (Fsp3) is 0.941. The third-order valence-electron chi connectivity index (χ3n) is 3.65. The molecular weight excluding hydrogens is 314 g/mol. The summed E-state index contributed by atoms with van der Waals surface area (Å²) in [4.78, 5) is 12.1. The Labute approximate surface area is 144 Å². The molecule has 0 aromatic carbocycles. The first-order chi connectivity index (χ1) is 10.2. The molecule has 0 aromatic heterocycles. The number of ether oxygens (including phenoxy) is 1. The number of rotatable bonds is 9. The van der Waals surface area contributed by atoms with Crippen molar-refractivity contribution in [2.75, 3.05) is 12.4 Å². The second kappa shape index (κ2) is 9.43. The topological polar surface area (TPSA) is 38.3 Å². The number of carbonyl (C=O) groups is 1. The summed E-state index contributed by atoms with van der Waals surface area (Å²) in [5, 5.41) is 3.96. The highest BCUT2D eigenvalue weighted by Crippen LogP contribution is 2.39. The fourth-order valence-corrected chi connectivity index (χ4v) is 5.36. The molecule has 3 nitrogen and oxygen atoms in total. The average molecular weight is 348 g/mol. The second-order valence-electron chi connectivity index (χ2n) is 7.72. The van der Waals surface area contributed by atoms with Crippen LogP contribution >= 0.6 is 21.6 Å². The van der Waals surface area contributed by atoms with Crippen LogP contribution in [0.25, 0.3) is 0 Å². The van der Waals surface area contributed by atoms with Gasteiger partial charge in [-0.15, -0.1) is 0 Å². The van der Waals surface area contributed by atoms with Gasteiger partial charge in [-0.25, -0.2) is 0 Å². The largest absolute Gasteiger partial charge is 0.376 e. The van der Waals surface area contributed by atoms with Gasteiger partial charge >= 0.3 is 0 Å². The van der Waals surface area contributed by atoms with Crippen LogP contribution in [0.4, 0.5) is 0 Å². The molecule has 1 N–H and O–H groups in total. The quantitative estimate of drug-likeness (QED) is 0.480. The Bertz CT molecular complexity index is 334. The van der Waals surface area contributed by atoms with Crippen molar-refractivity contribution < 1.29 is 9.53 Å². The lowest BCUT2D eigenvalue weighted by Crippen LogP contribution is -2.44. The summed E-state index contributed by atoms with van der Waals surface area (Å²) in [6.07, 6.45) is 6.25. The minimum atomic E-state index is -0.194. The lowest BCUT2D eigenvalue weighted by atomic mass is 10.0. The van der Waals surface area contributed by atoms with E-state index < -0.39 is 0 Å². The molecule has 0 radical (unpaired) electrons. The van der Waals surface area contributed by atoms with Gasteiger partial charge in [0.2, 0.25) is 5.91 Å². The number of amides is 1. The van der Waals surface area contributed by atoms with Gasteiger partial charge in [0.1, 0.15) is 0 Å². The van der Waals surface area contributed by atoms with Crippen molar-refractivity contribution in [1.82, 2.24) is 5.32 Å². The van der Waals surface area contributed by atoms with Crippen LogP contribution < -0.4 is 5.32 Å². The Hall–Kier alpha value is 0.130. The summed E-state index contributed by atoms with van der Waals surface area (Å²) in [7, 11) is 4.01. The Kier molecular flexibility index (Phi) is 8.65. The van der Waals surface area contributed by atoms with Crippen LogP contribution in [0.1, 0.15) is 73.1 Å². The molecule has 22 heavy (non-hydrogen) atoms. The molecule has 0 aliphatic carbocycles. The molecule has 0 spiro atoms. The van der Waals surface area contributed by atoms with Crippen LogP contribution in [0.2, 0.25) is 0 Å². The summed E-state index contributed by atoms with van der Waals surface area (Å²) in [6, 6.07) is 0. The van der Waals surface area contributed by atoms with E-state index in [1.165, 1.54) is 25.0 Å². The molecule has 0 aromatic rings. The lowest BCUT2D eigenvalue weighted by molar-refractivity contribution is -0.123.